The first-order chi connectivity index (χ1) is 10.1. The normalized spacial score (nSPS) is 25.4. The predicted molar refractivity (Wildman–Crippen MR) is 78.0 cm³/mol. The third-order valence-electron chi connectivity index (χ3n) is 3.96. The van der Waals surface area contributed by atoms with Crippen LogP contribution in [-0.4, -0.2) is 54.4 Å². The molecule has 0 saturated carbocycles. The first-order valence-electron chi connectivity index (χ1n) is 7.10. The Bertz CT molecular complexity index is 536. The fourth-order valence-electron chi connectivity index (χ4n) is 2.97. The molecule has 3 rings (SSSR count). The van der Waals surface area contributed by atoms with Crippen molar-refractivity contribution in [1.29, 1.82) is 0 Å². The molecular weight excluding hydrogens is 294 g/mol. The number of carboxylic acids is 1. The SMILES string of the molecule is O=C(O)CC1COCCN1CC1Cc2cc(Cl)ccc2O1. The van der Waals surface area contributed by atoms with Crippen molar-refractivity contribution in [2.45, 2.75) is 25.0 Å². The Kier molecular flexibility index (Phi) is 4.33. The van der Waals surface area contributed by atoms with E-state index in [-0.39, 0.29) is 18.6 Å². The maximum Gasteiger partial charge on any atom is 0.305 e. The van der Waals surface area contributed by atoms with Crippen molar-refractivity contribution >= 4 is 17.6 Å². The number of aliphatic carboxylic acids is 1. The van der Waals surface area contributed by atoms with E-state index >= 15 is 0 Å². The van der Waals surface area contributed by atoms with Crippen LogP contribution in [0.4, 0.5) is 0 Å². The van der Waals surface area contributed by atoms with E-state index in [4.69, 9.17) is 26.2 Å². The van der Waals surface area contributed by atoms with Crippen molar-refractivity contribution in [2.75, 3.05) is 26.3 Å². The third kappa shape index (κ3) is 3.48. The Morgan fingerprint density at radius 2 is 2.33 bits per heavy atom. The minimum atomic E-state index is -0.794. The number of nitrogens with zero attached hydrogens (tertiary/aromatic N) is 1. The highest BCUT2D eigenvalue weighted by molar-refractivity contribution is 6.30. The summed E-state index contributed by atoms with van der Waals surface area (Å²) in [5, 5.41) is 9.70. The molecule has 0 spiro atoms. The van der Waals surface area contributed by atoms with Gasteiger partial charge in [0.1, 0.15) is 11.9 Å². The molecule has 21 heavy (non-hydrogen) atoms. The third-order valence-corrected chi connectivity index (χ3v) is 4.20. The molecule has 2 aliphatic heterocycles. The van der Waals surface area contributed by atoms with Crippen LogP contribution in [0.1, 0.15) is 12.0 Å². The van der Waals surface area contributed by atoms with Crippen LogP contribution < -0.4 is 4.74 Å². The highest BCUT2D eigenvalue weighted by Gasteiger charge is 2.31. The Morgan fingerprint density at radius 3 is 3.14 bits per heavy atom. The molecule has 6 heteroatoms. The molecule has 2 unspecified atom stereocenters. The fourth-order valence-corrected chi connectivity index (χ4v) is 3.17. The van der Waals surface area contributed by atoms with Gasteiger partial charge in [-0.05, 0) is 23.8 Å². The second kappa shape index (κ2) is 6.22. The van der Waals surface area contributed by atoms with Crippen molar-refractivity contribution in [3.63, 3.8) is 0 Å². The molecule has 1 fully saturated rings. The lowest BCUT2D eigenvalue weighted by molar-refractivity contribution is -0.140. The van der Waals surface area contributed by atoms with E-state index in [0.29, 0.717) is 24.8 Å². The maximum absolute atomic E-state index is 10.9. The zero-order chi connectivity index (χ0) is 14.8. The van der Waals surface area contributed by atoms with Gasteiger partial charge in [-0.15, -0.1) is 0 Å². The highest BCUT2D eigenvalue weighted by atomic mass is 35.5. The number of rotatable bonds is 4. The van der Waals surface area contributed by atoms with E-state index in [0.717, 1.165) is 24.3 Å². The largest absolute Gasteiger partial charge is 0.488 e. The first kappa shape index (κ1) is 14.6. The summed E-state index contributed by atoms with van der Waals surface area (Å²) in [4.78, 5) is 13.1. The number of carbonyl (C=O) groups is 1. The van der Waals surface area contributed by atoms with Crippen molar-refractivity contribution < 1.29 is 19.4 Å². The molecule has 0 aromatic heterocycles. The zero-order valence-electron chi connectivity index (χ0n) is 11.6. The van der Waals surface area contributed by atoms with E-state index in [1.54, 1.807) is 0 Å². The summed E-state index contributed by atoms with van der Waals surface area (Å²) in [5.74, 6) is 0.0883. The molecule has 0 bridgehead atoms. The van der Waals surface area contributed by atoms with Crippen LogP contribution in [0.25, 0.3) is 0 Å². The number of fused-ring (bicyclic) bond motifs is 1. The number of benzene rings is 1. The second-order valence-corrected chi connectivity index (χ2v) is 5.95. The average Bonchev–Trinajstić information content (AvgIpc) is 2.82. The van der Waals surface area contributed by atoms with Gasteiger partial charge in [-0.1, -0.05) is 11.6 Å². The smallest absolute Gasteiger partial charge is 0.305 e. The molecule has 1 N–H and O–H groups in total. The molecule has 0 aliphatic carbocycles. The minimum absolute atomic E-state index is 0.0489. The van der Waals surface area contributed by atoms with E-state index in [1.165, 1.54) is 0 Å². The van der Waals surface area contributed by atoms with Crippen LogP contribution >= 0.6 is 11.6 Å². The number of halogens is 1. The first-order valence-corrected chi connectivity index (χ1v) is 7.48. The summed E-state index contributed by atoms with van der Waals surface area (Å²) in [7, 11) is 0. The lowest BCUT2D eigenvalue weighted by Gasteiger charge is -2.36. The predicted octanol–water partition coefficient (Wildman–Crippen LogP) is 1.82. The van der Waals surface area contributed by atoms with Crippen LogP contribution in [0.15, 0.2) is 18.2 Å². The Morgan fingerprint density at radius 1 is 1.48 bits per heavy atom. The summed E-state index contributed by atoms with van der Waals surface area (Å²) in [6.45, 7) is 2.57. The van der Waals surface area contributed by atoms with E-state index in [9.17, 15) is 4.79 Å². The van der Waals surface area contributed by atoms with Gasteiger partial charge in [0.25, 0.3) is 0 Å². The van der Waals surface area contributed by atoms with Gasteiger partial charge < -0.3 is 14.6 Å². The number of ether oxygens (including phenoxy) is 2. The molecule has 2 heterocycles. The molecule has 1 aromatic carbocycles. The molecule has 0 amide bonds. The summed E-state index contributed by atoms with van der Waals surface area (Å²) >= 11 is 6.00. The molecular formula is C15H18ClNO4. The highest BCUT2D eigenvalue weighted by Crippen LogP contribution is 2.31. The molecule has 114 valence electrons. The van der Waals surface area contributed by atoms with Gasteiger partial charge in [0, 0.05) is 30.6 Å². The molecule has 5 nitrogen and oxygen atoms in total. The molecule has 1 aromatic rings. The summed E-state index contributed by atoms with van der Waals surface area (Å²) < 4.78 is 11.3. The van der Waals surface area contributed by atoms with Gasteiger partial charge in [0.05, 0.1) is 19.6 Å². The van der Waals surface area contributed by atoms with E-state index < -0.39 is 5.97 Å². The number of carboxylic acid groups (broad SMARTS) is 1. The molecule has 2 aliphatic rings. The lowest BCUT2D eigenvalue weighted by Crippen LogP contribution is -2.50. The minimum Gasteiger partial charge on any atom is -0.488 e. The van der Waals surface area contributed by atoms with Gasteiger partial charge in [-0.2, -0.15) is 0 Å². The standard InChI is InChI=1S/C15H18ClNO4/c16-11-1-2-14-10(5-11)6-13(21-14)8-17-3-4-20-9-12(17)7-15(18)19/h1-2,5,12-13H,3-4,6-9H2,(H,18,19). The van der Waals surface area contributed by atoms with Gasteiger partial charge in [0.15, 0.2) is 0 Å². The van der Waals surface area contributed by atoms with Gasteiger partial charge in [-0.3, -0.25) is 9.69 Å². The van der Waals surface area contributed by atoms with E-state index in [1.807, 2.05) is 18.2 Å². The summed E-state index contributed by atoms with van der Waals surface area (Å²) in [5.41, 5.74) is 1.12. The summed E-state index contributed by atoms with van der Waals surface area (Å²) in [6.07, 6.45) is 0.964. The topological polar surface area (TPSA) is 59.0 Å². The Hall–Kier alpha value is -1.30. The van der Waals surface area contributed by atoms with Crippen LogP contribution in [0.5, 0.6) is 5.75 Å². The average molecular weight is 312 g/mol. The Labute approximate surface area is 128 Å². The number of morpholine rings is 1. The maximum atomic E-state index is 10.9. The quantitative estimate of drug-likeness (QED) is 0.919. The number of hydrogen-bond acceptors (Lipinski definition) is 4. The van der Waals surface area contributed by atoms with Crippen molar-refractivity contribution in [1.82, 2.24) is 4.90 Å². The number of hydrogen-bond donors (Lipinski definition) is 1. The second-order valence-electron chi connectivity index (χ2n) is 5.52. The Balaban J connectivity index is 1.62. The van der Waals surface area contributed by atoms with E-state index in [2.05, 4.69) is 4.90 Å². The van der Waals surface area contributed by atoms with Crippen molar-refractivity contribution in [2.24, 2.45) is 0 Å². The fraction of sp³-hybridized carbons (Fsp3) is 0.533. The van der Waals surface area contributed by atoms with Crippen LogP contribution in [0.3, 0.4) is 0 Å². The van der Waals surface area contributed by atoms with Crippen LogP contribution in [-0.2, 0) is 16.0 Å². The lowest BCUT2D eigenvalue weighted by atomic mass is 10.1. The summed E-state index contributed by atoms with van der Waals surface area (Å²) in [6, 6.07) is 5.58. The van der Waals surface area contributed by atoms with Gasteiger partial charge in [-0.25, -0.2) is 0 Å². The zero-order valence-corrected chi connectivity index (χ0v) is 12.4. The van der Waals surface area contributed by atoms with Gasteiger partial charge >= 0.3 is 5.97 Å². The van der Waals surface area contributed by atoms with Crippen LogP contribution in [0.2, 0.25) is 5.02 Å². The molecule has 2 atom stereocenters. The van der Waals surface area contributed by atoms with Crippen molar-refractivity contribution in [3.05, 3.63) is 28.8 Å². The monoisotopic (exact) mass is 311 g/mol. The van der Waals surface area contributed by atoms with Crippen molar-refractivity contribution in [3.8, 4) is 5.75 Å². The molecule has 0 radical (unpaired) electrons. The van der Waals surface area contributed by atoms with Crippen LogP contribution in [0, 0.1) is 0 Å². The molecule has 1 saturated heterocycles. The van der Waals surface area contributed by atoms with Gasteiger partial charge in [0.2, 0.25) is 0 Å².